The second kappa shape index (κ2) is 20.2. The molecule has 5 amide bonds. The number of aromatic nitrogens is 1. The van der Waals surface area contributed by atoms with Gasteiger partial charge in [-0.15, -0.1) is 0 Å². The number of unbranched alkanes of at least 4 members (excludes halogenated alkanes) is 1. The fourth-order valence-electron chi connectivity index (χ4n) is 7.25. The molecule has 7 atom stereocenters. The highest BCUT2D eigenvalue weighted by atomic mass is 16.5. The first-order chi connectivity index (χ1) is 26.6. The van der Waals surface area contributed by atoms with Crippen LogP contribution < -0.4 is 31.9 Å². The van der Waals surface area contributed by atoms with Gasteiger partial charge in [0.25, 0.3) is 0 Å². The third kappa shape index (κ3) is 11.5. The molecule has 1 aromatic carbocycles. The Labute approximate surface area is 327 Å². The summed E-state index contributed by atoms with van der Waals surface area (Å²) in [5.41, 5.74) is 1.46. The number of esters is 1. The van der Waals surface area contributed by atoms with Crippen molar-refractivity contribution in [1.29, 1.82) is 0 Å². The molecule has 308 valence electrons. The SMILES string of the molecule is CNCCCC[C@H](NC)C(=O)O[C@@H]1C[C@H]2C(=O)N[C@H](C(C)C)C(=O)N[C@@H](CC(C)C)C(=O)N[C@H](Cc3c[nH]c4ccccc34)C(=O)N[C@H](CC(=O)O)C(=O)N2C1. The van der Waals surface area contributed by atoms with E-state index in [2.05, 4.69) is 36.9 Å². The molecule has 56 heavy (non-hydrogen) atoms. The molecule has 1 aromatic heterocycles. The topological polar surface area (TPSA) is 240 Å². The molecule has 0 spiro atoms. The summed E-state index contributed by atoms with van der Waals surface area (Å²) in [5, 5.41) is 27.6. The maximum absolute atomic E-state index is 14.4. The van der Waals surface area contributed by atoms with Crippen molar-refractivity contribution in [3.8, 4) is 0 Å². The number of ether oxygens (including phenoxy) is 1. The second-order valence-corrected chi connectivity index (χ2v) is 15.4. The Hall–Kier alpha value is -5.03. The number of nitrogens with zero attached hydrogens (tertiary/aromatic N) is 1. The van der Waals surface area contributed by atoms with Crippen molar-refractivity contribution < 1.29 is 43.4 Å². The summed E-state index contributed by atoms with van der Waals surface area (Å²) in [6.45, 7) is 7.69. The van der Waals surface area contributed by atoms with Crippen LogP contribution in [0.5, 0.6) is 0 Å². The molecular formula is C39H58N8O9. The van der Waals surface area contributed by atoms with E-state index in [9.17, 15) is 38.7 Å². The minimum absolute atomic E-state index is 0.0431. The van der Waals surface area contributed by atoms with Gasteiger partial charge in [0.2, 0.25) is 29.5 Å². The Morgan fingerprint density at radius 3 is 2.23 bits per heavy atom. The van der Waals surface area contributed by atoms with Crippen LogP contribution in [0.15, 0.2) is 30.5 Å². The highest BCUT2D eigenvalue weighted by molar-refractivity contribution is 5.99. The number of carbonyl (C=O) groups excluding carboxylic acids is 6. The molecule has 2 saturated heterocycles. The van der Waals surface area contributed by atoms with Gasteiger partial charge >= 0.3 is 11.9 Å². The number of nitrogens with one attached hydrogen (secondary N) is 7. The summed E-state index contributed by atoms with van der Waals surface area (Å²) in [5.74, 6) is -6.28. The molecule has 0 radical (unpaired) electrons. The first-order valence-electron chi connectivity index (χ1n) is 19.4. The summed E-state index contributed by atoms with van der Waals surface area (Å²) in [4.78, 5) is 100. The number of hydrogen-bond donors (Lipinski definition) is 8. The average molecular weight is 783 g/mol. The number of benzene rings is 1. The van der Waals surface area contributed by atoms with Crippen molar-refractivity contribution in [1.82, 2.24) is 41.8 Å². The van der Waals surface area contributed by atoms with Crippen LogP contribution in [0.4, 0.5) is 0 Å². The number of likely N-dealkylation sites (N-methyl/N-ethyl adjacent to an activating group) is 1. The zero-order valence-electron chi connectivity index (χ0n) is 33.1. The lowest BCUT2D eigenvalue weighted by molar-refractivity contribution is -0.152. The van der Waals surface area contributed by atoms with Crippen molar-refractivity contribution in [3.05, 3.63) is 36.0 Å². The number of carbonyl (C=O) groups is 7. The summed E-state index contributed by atoms with van der Waals surface area (Å²) in [7, 11) is 3.47. The molecule has 17 heteroatoms. The number of aliphatic carboxylic acids is 1. The van der Waals surface area contributed by atoms with E-state index in [-0.39, 0.29) is 31.7 Å². The predicted molar refractivity (Wildman–Crippen MR) is 207 cm³/mol. The molecule has 0 unspecified atom stereocenters. The third-order valence-electron chi connectivity index (χ3n) is 10.2. The van der Waals surface area contributed by atoms with Crippen LogP contribution in [0.1, 0.15) is 71.8 Å². The zero-order valence-corrected chi connectivity index (χ0v) is 33.1. The number of fused-ring (bicyclic) bond motifs is 2. The fraction of sp³-hybridized carbons (Fsp3) is 0.615. The number of carboxylic acids is 1. The van der Waals surface area contributed by atoms with Gasteiger partial charge in [-0.1, -0.05) is 52.3 Å². The summed E-state index contributed by atoms with van der Waals surface area (Å²) in [6.07, 6.45) is 1.98. The van der Waals surface area contributed by atoms with Gasteiger partial charge < -0.3 is 51.6 Å². The van der Waals surface area contributed by atoms with Gasteiger partial charge in [0.15, 0.2) is 0 Å². The normalized spacial score (nSPS) is 24.5. The van der Waals surface area contributed by atoms with Crippen LogP contribution in [0.2, 0.25) is 0 Å². The third-order valence-corrected chi connectivity index (χ3v) is 10.2. The first kappa shape index (κ1) is 43.7. The minimum atomic E-state index is -1.67. The van der Waals surface area contributed by atoms with Crippen LogP contribution in [-0.4, -0.2) is 126 Å². The van der Waals surface area contributed by atoms with Crippen molar-refractivity contribution in [2.45, 2.75) is 115 Å². The molecule has 2 aliphatic heterocycles. The highest BCUT2D eigenvalue weighted by Crippen LogP contribution is 2.25. The number of H-pyrrole nitrogens is 1. The summed E-state index contributed by atoms with van der Waals surface area (Å²) in [6, 6.07) is 0.214. The Kier molecular flexibility index (Phi) is 15.8. The smallest absolute Gasteiger partial charge is 0.323 e. The number of carboxylic acid groups (broad SMARTS) is 1. The first-order valence-corrected chi connectivity index (χ1v) is 19.4. The number of hydrogen-bond acceptors (Lipinski definition) is 10. The van der Waals surface area contributed by atoms with Gasteiger partial charge in [0.05, 0.1) is 13.0 Å². The maximum atomic E-state index is 14.4. The molecule has 0 bridgehead atoms. The van der Waals surface area contributed by atoms with E-state index in [1.54, 1.807) is 27.1 Å². The van der Waals surface area contributed by atoms with E-state index in [1.165, 1.54) is 0 Å². The minimum Gasteiger partial charge on any atom is -0.481 e. The van der Waals surface area contributed by atoms with E-state index in [1.807, 2.05) is 45.2 Å². The molecule has 2 aliphatic rings. The molecule has 4 rings (SSSR count). The van der Waals surface area contributed by atoms with Gasteiger partial charge in [-0.2, -0.15) is 0 Å². The molecule has 2 fully saturated rings. The molecule has 17 nitrogen and oxygen atoms in total. The zero-order chi connectivity index (χ0) is 41.1. The maximum Gasteiger partial charge on any atom is 0.323 e. The number of rotatable bonds is 15. The van der Waals surface area contributed by atoms with Crippen LogP contribution in [0.3, 0.4) is 0 Å². The highest BCUT2D eigenvalue weighted by Gasteiger charge is 2.46. The molecule has 8 N–H and O–H groups in total. The standard InChI is InChI=1S/C39H58N8O9/c1-21(2)15-28-34(50)43-29(16-23-19-42-26-12-8-7-11-25(23)26)35(51)45-30(18-32(48)49)38(54)47-20-24(56-39(55)27(41-6)13-9-10-14-40-5)17-31(47)36(52)46-33(22(3)4)37(53)44-28/h7-8,11-12,19,21-22,24,27-31,33,40-42H,9-10,13-18,20H2,1-6H3,(H,43,50)(H,44,53)(H,45,51)(H,46,52)(H,48,49)/t24-,27+,28+,29-,30-,31+,33-/m1/s1. The Morgan fingerprint density at radius 1 is 0.893 bits per heavy atom. The lowest BCUT2D eigenvalue weighted by Crippen LogP contribution is -2.59. The van der Waals surface area contributed by atoms with Gasteiger partial charge in [-0.3, -0.25) is 33.6 Å². The number of aromatic amines is 1. The molecule has 3 heterocycles. The van der Waals surface area contributed by atoms with Crippen molar-refractivity contribution in [2.75, 3.05) is 27.2 Å². The largest absolute Gasteiger partial charge is 0.481 e. The van der Waals surface area contributed by atoms with E-state index >= 15 is 0 Å². The number of para-hydroxylation sites is 1. The summed E-state index contributed by atoms with van der Waals surface area (Å²) >= 11 is 0. The number of amides is 5. The summed E-state index contributed by atoms with van der Waals surface area (Å²) < 4.78 is 5.84. The van der Waals surface area contributed by atoms with Crippen molar-refractivity contribution in [3.63, 3.8) is 0 Å². The van der Waals surface area contributed by atoms with Gasteiger partial charge in [-0.25, -0.2) is 0 Å². The van der Waals surface area contributed by atoms with E-state index in [0.29, 0.717) is 12.0 Å². The van der Waals surface area contributed by atoms with Crippen molar-refractivity contribution >= 4 is 52.4 Å². The van der Waals surface area contributed by atoms with Gasteiger partial charge in [0, 0.05) is 29.9 Å². The van der Waals surface area contributed by atoms with Crippen LogP contribution in [0, 0.1) is 11.8 Å². The van der Waals surface area contributed by atoms with E-state index in [0.717, 1.165) is 35.2 Å². The Bertz CT molecular complexity index is 1730. The second-order valence-electron chi connectivity index (χ2n) is 15.4. The molecule has 0 aliphatic carbocycles. The van der Waals surface area contributed by atoms with Gasteiger partial charge in [0.1, 0.15) is 42.4 Å². The molecule has 0 saturated carbocycles. The van der Waals surface area contributed by atoms with E-state index < -0.39 is 96.2 Å². The van der Waals surface area contributed by atoms with Gasteiger partial charge in [-0.05, 0) is 63.4 Å². The van der Waals surface area contributed by atoms with Crippen LogP contribution >= 0.6 is 0 Å². The van der Waals surface area contributed by atoms with Crippen LogP contribution in [-0.2, 0) is 44.7 Å². The van der Waals surface area contributed by atoms with E-state index in [4.69, 9.17) is 4.74 Å². The lowest BCUT2D eigenvalue weighted by atomic mass is 9.98. The Morgan fingerprint density at radius 2 is 1.57 bits per heavy atom. The fourth-order valence-corrected chi connectivity index (χ4v) is 7.25. The molecule has 2 aromatic rings. The van der Waals surface area contributed by atoms with Crippen molar-refractivity contribution in [2.24, 2.45) is 11.8 Å². The molecular weight excluding hydrogens is 724 g/mol. The Balaban J connectivity index is 1.73. The average Bonchev–Trinajstić information content (AvgIpc) is 3.75. The van der Waals surface area contributed by atoms with Crippen LogP contribution in [0.25, 0.3) is 10.9 Å². The predicted octanol–water partition coefficient (Wildman–Crippen LogP) is 0.330. The monoisotopic (exact) mass is 782 g/mol. The lowest BCUT2D eigenvalue weighted by Gasteiger charge is -2.30. The quantitative estimate of drug-likeness (QED) is 0.0905.